The number of halogens is 1. The van der Waals surface area contributed by atoms with Gasteiger partial charge in [-0.1, -0.05) is 11.6 Å². The van der Waals surface area contributed by atoms with Gasteiger partial charge in [0.25, 0.3) is 5.91 Å². The molecule has 0 radical (unpaired) electrons. The molecule has 0 aliphatic carbocycles. The first-order valence-corrected chi connectivity index (χ1v) is 9.59. The lowest BCUT2D eigenvalue weighted by Gasteiger charge is -2.30. The molecule has 144 valence electrons. The molecule has 2 aromatic carbocycles. The summed E-state index contributed by atoms with van der Waals surface area (Å²) < 4.78 is 10.8. The maximum Gasteiger partial charge on any atom is 0.289 e. The summed E-state index contributed by atoms with van der Waals surface area (Å²) in [6, 6.07) is 14.1. The summed E-state index contributed by atoms with van der Waals surface area (Å²) in [6.45, 7) is 1.06. The van der Waals surface area contributed by atoms with E-state index < -0.39 is 0 Å². The van der Waals surface area contributed by atoms with Crippen LogP contribution in [0.1, 0.15) is 33.8 Å². The van der Waals surface area contributed by atoms with Gasteiger partial charge in [-0.05, 0) is 61.4 Å². The minimum Gasteiger partial charge on any atom is -0.497 e. The number of rotatable bonds is 4. The van der Waals surface area contributed by atoms with Gasteiger partial charge in [0.15, 0.2) is 11.5 Å². The van der Waals surface area contributed by atoms with Gasteiger partial charge in [-0.15, -0.1) is 0 Å². The Hall–Kier alpha value is -2.79. The first-order valence-electron chi connectivity index (χ1n) is 9.22. The van der Waals surface area contributed by atoms with Crippen molar-refractivity contribution in [2.24, 2.45) is 5.92 Å². The number of Topliss-reactive ketones (excluding diaryl/α,β-unsaturated/α-hetero) is 1. The zero-order valence-electron chi connectivity index (χ0n) is 15.5. The number of hydrogen-bond acceptors (Lipinski definition) is 4. The number of hydrogen-bond donors (Lipinski definition) is 0. The average molecular weight is 398 g/mol. The number of piperidine rings is 1. The molecule has 1 fully saturated rings. The molecule has 5 nitrogen and oxygen atoms in total. The van der Waals surface area contributed by atoms with Gasteiger partial charge in [0.2, 0.25) is 0 Å². The van der Waals surface area contributed by atoms with Crippen molar-refractivity contribution in [2.45, 2.75) is 12.8 Å². The Balaban J connectivity index is 1.41. The molecule has 6 heteroatoms. The first kappa shape index (κ1) is 18.6. The molecule has 1 aliphatic heterocycles. The van der Waals surface area contributed by atoms with E-state index >= 15 is 0 Å². The fourth-order valence-electron chi connectivity index (χ4n) is 3.61. The number of likely N-dealkylation sites (tertiary alicyclic amines) is 1. The van der Waals surface area contributed by atoms with Crippen LogP contribution in [-0.2, 0) is 0 Å². The van der Waals surface area contributed by atoms with E-state index in [1.54, 1.807) is 60.5 Å². The molecule has 0 spiro atoms. The van der Waals surface area contributed by atoms with Crippen LogP contribution in [0.5, 0.6) is 5.75 Å². The first-order chi connectivity index (χ1) is 13.5. The second-order valence-corrected chi connectivity index (χ2v) is 7.39. The number of carbonyl (C=O) groups is 2. The van der Waals surface area contributed by atoms with Crippen LogP contribution < -0.4 is 4.74 Å². The highest BCUT2D eigenvalue weighted by atomic mass is 35.5. The van der Waals surface area contributed by atoms with Crippen LogP contribution >= 0.6 is 11.6 Å². The number of benzene rings is 2. The number of methoxy groups -OCH3 is 1. The molecule has 0 N–H and O–H groups in total. The van der Waals surface area contributed by atoms with E-state index in [-0.39, 0.29) is 17.6 Å². The molecule has 0 unspecified atom stereocenters. The molecule has 3 aromatic rings. The molecule has 0 bridgehead atoms. The lowest BCUT2D eigenvalue weighted by Crippen LogP contribution is -2.40. The molecule has 0 atom stereocenters. The normalized spacial score (nSPS) is 15.0. The summed E-state index contributed by atoms with van der Waals surface area (Å²) in [4.78, 5) is 27.2. The van der Waals surface area contributed by atoms with Gasteiger partial charge in [0, 0.05) is 35.0 Å². The number of fused-ring (bicyclic) bond motifs is 1. The third kappa shape index (κ3) is 3.62. The van der Waals surface area contributed by atoms with Gasteiger partial charge in [0.1, 0.15) is 11.3 Å². The van der Waals surface area contributed by atoms with Crippen molar-refractivity contribution in [3.63, 3.8) is 0 Å². The highest BCUT2D eigenvalue weighted by Gasteiger charge is 2.29. The number of carbonyl (C=O) groups excluding carboxylic acids is 2. The van der Waals surface area contributed by atoms with Crippen LogP contribution in [0.2, 0.25) is 5.02 Å². The lowest BCUT2D eigenvalue weighted by molar-refractivity contribution is 0.0626. The van der Waals surface area contributed by atoms with Gasteiger partial charge >= 0.3 is 0 Å². The van der Waals surface area contributed by atoms with E-state index in [1.165, 1.54) is 0 Å². The maximum atomic E-state index is 12.8. The molecule has 1 aromatic heterocycles. The molecule has 1 amide bonds. The smallest absolute Gasteiger partial charge is 0.289 e. The van der Waals surface area contributed by atoms with Gasteiger partial charge < -0.3 is 14.1 Å². The van der Waals surface area contributed by atoms with E-state index in [1.807, 2.05) is 0 Å². The number of amides is 1. The molecule has 1 saturated heterocycles. The van der Waals surface area contributed by atoms with Crippen LogP contribution in [0.15, 0.2) is 52.9 Å². The summed E-state index contributed by atoms with van der Waals surface area (Å²) in [5.74, 6) is 0.920. The Kier molecular flexibility index (Phi) is 5.09. The zero-order valence-corrected chi connectivity index (χ0v) is 16.2. The van der Waals surface area contributed by atoms with Gasteiger partial charge in [0.05, 0.1) is 7.11 Å². The molecule has 0 saturated carbocycles. The van der Waals surface area contributed by atoms with E-state index in [0.717, 1.165) is 11.1 Å². The largest absolute Gasteiger partial charge is 0.497 e. The van der Waals surface area contributed by atoms with Gasteiger partial charge in [-0.25, -0.2) is 0 Å². The van der Waals surface area contributed by atoms with Crippen LogP contribution in [0.3, 0.4) is 0 Å². The maximum absolute atomic E-state index is 12.8. The van der Waals surface area contributed by atoms with Crippen LogP contribution in [0.4, 0.5) is 0 Å². The van der Waals surface area contributed by atoms with Gasteiger partial charge in [-0.3, -0.25) is 9.59 Å². The Bertz CT molecular complexity index is 1020. The van der Waals surface area contributed by atoms with Crippen molar-refractivity contribution < 1.29 is 18.7 Å². The zero-order chi connectivity index (χ0) is 19.7. The van der Waals surface area contributed by atoms with E-state index in [0.29, 0.717) is 47.9 Å². The second-order valence-electron chi connectivity index (χ2n) is 6.95. The van der Waals surface area contributed by atoms with Crippen molar-refractivity contribution in [1.82, 2.24) is 4.90 Å². The molecule has 1 aliphatic rings. The number of ether oxygens (including phenoxy) is 1. The number of furan rings is 1. The highest BCUT2D eigenvalue weighted by Crippen LogP contribution is 2.27. The molecule has 2 heterocycles. The minimum atomic E-state index is -0.150. The van der Waals surface area contributed by atoms with Crippen molar-refractivity contribution in [2.75, 3.05) is 20.2 Å². The Morgan fingerprint density at radius 3 is 2.46 bits per heavy atom. The van der Waals surface area contributed by atoms with Crippen molar-refractivity contribution in [3.8, 4) is 5.75 Å². The van der Waals surface area contributed by atoms with Crippen LogP contribution in [-0.4, -0.2) is 36.8 Å². The predicted octanol–water partition coefficient (Wildman–Crippen LogP) is 4.83. The Labute approximate surface area is 167 Å². The average Bonchev–Trinajstić information content (AvgIpc) is 3.16. The summed E-state index contributed by atoms with van der Waals surface area (Å²) in [7, 11) is 1.60. The van der Waals surface area contributed by atoms with E-state index in [9.17, 15) is 9.59 Å². The molecule has 4 rings (SSSR count). The van der Waals surface area contributed by atoms with Crippen LogP contribution in [0, 0.1) is 5.92 Å². The summed E-state index contributed by atoms with van der Waals surface area (Å²) in [6.07, 6.45) is 1.28. The quantitative estimate of drug-likeness (QED) is 0.591. The summed E-state index contributed by atoms with van der Waals surface area (Å²) in [5, 5.41) is 1.41. The Morgan fingerprint density at radius 2 is 1.79 bits per heavy atom. The van der Waals surface area contributed by atoms with E-state index in [4.69, 9.17) is 20.8 Å². The van der Waals surface area contributed by atoms with Gasteiger partial charge in [-0.2, -0.15) is 0 Å². The fourth-order valence-corrected chi connectivity index (χ4v) is 3.79. The lowest BCUT2D eigenvalue weighted by atomic mass is 9.89. The molecule has 28 heavy (non-hydrogen) atoms. The fraction of sp³-hybridized carbons (Fsp3) is 0.273. The molecular formula is C22H20ClNO4. The highest BCUT2D eigenvalue weighted by molar-refractivity contribution is 6.31. The standard InChI is InChI=1S/C22H20ClNO4/c1-27-18-5-2-14(3-6-18)21(25)15-8-10-24(11-9-15)22(26)20-13-16-12-17(23)4-7-19(16)28-20/h2-7,12-13,15H,8-11H2,1H3. The third-order valence-corrected chi connectivity index (χ3v) is 5.45. The van der Waals surface area contributed by atoms with Crippen molar-refractivity contribution in [1.29, 1.82) is 0 Å². The Morgan fingerprint density at radius 1 is 1.07 bits per heavy atom. The minimum absolute atomic E-state index is 0.0769. The van der Waals surface area contributed by atoms with Crippen molar-refractivity contribution in [3.05, 3.63) is 64.9 Å². The third-order valence-electron chi connectivity index (χ3n) is 5.22. The summed E-state index contributed by atoms with van der Waals surface area (Å²) in [5.41, 5.74) is 1.32. The van der Waals surface area contributed by atoms with Crippen molar-refractivity contribution >= 4 is 34.3 Å². The SMILES string of the molecule is COc1ccc(C(=O)C2CCN(C(=O)c3cc4cc(Cl)ccc4o3)CC2)cc1. The molecular weight excluding hydrogens is 378 g/mol. The number of nitrogens with zero attached hydrogens (tertiary/aromatic N) is 1. The topological polar surface area (TPSA) is 59.8 Å². The predicted molar refractivity (Wildman–Crippen MR) is 107 cm³/mol. The van der Waals surface area contributed by atoms with Crippen LogP contribution in [0.25, 0.3) is 11.0 Å². The van der Waals surface area contributed by atoms with E-state index in [2.05, 4.69) is 0 Å². The summed E-state index contributed by atoms with van der Waals surface area (Å²) >= 11 is 5.99. The monoisotopic (exact) mass is 397 g/mol. The number of ketones is 1. The second kappa shape index (κ2) is 7.68.